The van der Waals surface area contributed by atoms with E-state index >= 15 is 0 Å². The van der Waals surface area contributed by atoms with E-state index in [0.29, 0.717) is 0 Å². The highest BCUT2D eigenvalue weighted by Gasteiger charge is 2.56. The first-order chi connectivity index (χ1) is 40.1. The molecule has 396 valence electrons. The quantitative estimate of drug-likeness (QED) is 0.177. The van der Waals surface area contributed by atoms with Crippen LogP contribution in [0.15, 0.2) is 173 Å². The van der Waals surface area contributed by atoms with Crippen LogP contribution in [0.25, 0.3) is 88.4 Å². The van der Waals surface area contributed by atoms with Crippen LogP contribution in [-0.4, -0.2) is 0 Å². The largest absolute Gasteiger partial charge is 0.456 e. The molecule has 0 radical (unpaired) electrons. The smallest absolute Gasteiger partial charge is 0.144 e. The number of fused-ring (bicyclic) bond motifs is 30. The van der Waals surface area contributed by atoms with Gasteiger partial charge in [0.15, 0.2) is 0 Å². The van der Waals surface area contributed by atoms with Crippen LogP contribution in [0.2, 0.25) is 0 Å². The normalized spacial score (nSPS) is 19.8. The summed E-state index contributed by atoms with van der Waals surface area (Å²) in [6.45, 7) is 0. The zero-order valence-corrected chi connectivity index (χ0v) is 46.5. The van der Waals surface area contributed by atoms with Crippen LogP contribution >= 0.6 is 0 Å². The molecule has 0 saturated heterocycles. The van der Waals surface area contributed by atoms with Crippen molar-refractivity contribution < 1.29 is 8.83 Å². The van der Waals surface area contributed by atoms with Gasteiger partial charge in [0, 0.05) is 65.8 Å². The average molecular weight is 1050 g/mol. The third-order valence-electron chi connectivity index (χ3n) is 23.0. The molecule has 8 aliphatic carbocycles. The summed E-state index contributed by atoms with van der Waals surface area (Å²) in [6.07, 6.45) is 24.9. The molecule has 8 aliphatic rings. The molecule has 81 heavy (non-hydrogen) atoms. The Labute approximate surface area is 475 Å². The van der Waals surface area contributed by atoms with Gasteiger partial charge in [-0.3, -0.25) is 0 Å². The van der Waals surface area contributed by atoms with Crippen LogP contribution in [0.1, 0.15) is 173 Å². The Morgan fingerprint density at radius 2 is 0.778 bits per heavy atom. The van der Waals surface area contributed by atoms with Crippen molar-refractivity contribution in [3.05, 3.63) is 208 Å². The molecular weight excluding hydrogens is 983 g/mol. The number of para-hydroxylation sites is 3. The van der Waals surface area contributed by atoms with Crippen LogP contribution in [0.5, 0.6) is 0 Å². The molecule has 19 rings (SSSR count). The molecule has 0 bridgehead atoms. The number of nitrogens with zero attached hydrogens (tertiary/aromatic N) is 1. The van der Waals surface area contributed by atoms with Crippen LogP contribution in [0.3, 0.4) is 0 Å². The van der Waals surface area contributed by atoms with Crippen molar-refractivity contribution in [1.82, 2.24) is 0 Å². The Morgan fingerprint density at radius 3 is 1.47 bits per heavy atom. The summed E-state index contributed by atoms with van der Waals surface area (Å²) in [5.74, 6) is 0. The molecule has 3 nitrogen and oxygen atoms in total. The molecule has 9 aromatic carbocycles. The summed E-state index contributed by atoms with van der Waals surface area (Å²) in [5.41, 5.74) is 32.0. The summed E-state index contributed by atoms with van der Waals surface area (Å²) in [4.78, 5) is 2.64. The Balaban J connectivity index is 0.824. The van der Waals surface area contributed by atoms with E-state index in [0.717, 1.165) is 22.3 Å². The highest BCUT2D eigenvalue weighted by atomic mass is 16.3. The van der Waals surface area contributed by atoms with E-state index in [1.807, 2.05) is 0 Å². The van der Waals surface area contributed by atoms with Gasteiger partial charge in [0.1, 0.15) is 22.3 Å². The molecule has 11 aromatic rings. The van der Waals surface area contributed by atoms with Crippen molar-refractivity contribution in [3.63, 3.8) is 0 Å². The fourth-order valence-corrected chi connectivity index (χ4v) is 19.8. The topological polar surface area (TPSA) is 29.5 Å². The van der Waals surface area contributed by atoms with E-state index in [1.165, 1.54) is 212 Å². The first-order valence-corrected chi connectivity index (χ1v) is 31.5. The Morgan fingerprint density at radius 1 is 0.284 bits per heavy atom. The number of anilines is 3. The van der Waals surface area contributed by atoms with Crippen molar-refractivity contribution in [3.8, 4) is 44.5 Å². The van der Waals surface area contributed by atoms with Crippen molar-refractivity contribution in [2.45, 2.75) is 150 Å². The van der Waals surface area contributed by atoms with Gasteiger partial charge in [-0.05, 0) is 202 Å². The minimum atomic E-state index is -0.0980. The second-order valence-electron chi connectivity index (χ2n) is 26.5. The van der Waals surface area contributed by atoms with E-state index in [1.54, 1.807) is 44.5 Å². The Bertz CT molecular complexity index is 4500. The molecule has 2 heterocycles. The van der Waals surface area contributed by atoms with Crippen molar-refractivity contribution in [1.29, 1.82) is 0 Å². The lowest BCUT2D eigenvalue weighted by atomic mass is 9.60. The first kappa shape index (κ1) is 46.0. The van der Waals surface area contributed by atoms with Gasteiger partial charge < -0.3 is 13.7 Å². The van der Waals surface area contributed by atoms with E-state index in [2.05, 4.69) is 169 Å². The summed E-state index contributed by atoms with van der Waals surface area (Å²) in [5, 5.41) is 5.16. The van der Waals surface area contributed by atoms with E-state index in [9.17, 15) is 0 Å². The standard InChI is InChI=1S/C78H67NO2/c1-6-22-48(23-7-1)79(49-30-32-51-56-46-63-57(47-62(56)76(60(51)44-49)38-16-3-17-39-76)67-59(75(63)36-14-2-15-37-75)34-35-66-68(67)54-25-9-12-28-64(54)80-66)50-31-33-53-61(45-50)78(42-20-5-21-43-78)72-69(53)70-55-26-10-13-29-65(55)81-74(70)71-52-24-8-11-27-58(52)77(73(71)72)40-18-4-19-41-77/h1,6-13,22-35,44-47H,2-5,14-21,36-43H2. The zero-order chi connectivity index (χ0) is 52.8. The SMILES string of the molecule is c1ccc(N(c2ccc3c(c2)C2(CCCCC2)c2cc4c(cc2-3)C2(CCCCC2)c2ccc3oc5ccccc5c3c2-4)c2ccc3c(c2)C2(CCCCC2)c2c4c(c5oc6ccccc6c5c2-3)-c2ccccc2C42CCCCC2)cc1. The predicted octanol–water partition coefficient (Wildman–Crippen LogP) is 21.9. The van der Waals surface area contributed by atoms with Gasteiger partial charge in [-0.1, -0.05) is 174 Å². The summed E-state index contributed by atoms with van der Waals surface area (Å²) < 4.78 is 13.9. The first-order valence-electron chi connectivity index (χ1n) is 31.5. The lowest BCUT2D eigenvalue weighted by molar-refractivity contribution is 0.325. The van der Waals surface area contributed by atoms with Crippen LogP contribution in [-0.2, 0) is 21.7 Å². The minimum Gasteiger partial charge on any atom is -0.456 e. The molecule has 4 fully saturated rings. The van der Waals surface area contributed by atoms with Gasteiger partial charge in [0.25, 0.3) is 0 Å². The Kier molecular flexibility index (Phi) is 9.39. The second kappa shape index (κ2) is 16.5. The number of hydrogen-bond donors (Lipinski definition) is 0. The fourth-order valence-electron chi connectivity index (χ4n) is 19.8. The molecule has 4 spiro atoms. The Hall–Kier alpha value is -7.62. The molecule has 2 aromatic heterocycles. The fraction of sp³-hybridized carbons (Fsp3) is 0.308. The average Bonchev–Trinajstić information content (AvgIpc) is 1.84. The summed E-state index contributed by atoms with van der Waals surface area (Å²) in [6, 6.07) is 64.4. The van der Waals surface area contributed by atoms with Gasteiger partial charge >= 0.3 is 0 Å². The highest BCUT2D eigenvalue weighted by molar-refractivity contribution is 6.21. The molecular formula is C78H67NO2. The van der Waals surface area contributed by atoms with Crippen molar-refractivity contribution >= 4 is 60.9 Å². The molecule has 0 unspecified atom stereocenters. The third-order valence-corrected chi connectivity index (χ3v) is 23.0. The number of hydrogen-bond acceptors (Lipinski definition) is 3. The van der Waals surface area contributed by atoms with Gasteiger partial charge in [-0.25, -0.2) is 0 Å². The maximum atomic E-state index is 7.27. The molecule has 0 amide bonds. The molecule has 0 aliphatic heterocycles. The van der Waals surface area contributed by atoms with Crippen molar-refractivity contribution in [2.75, 3.05) is 4.90 Å². The van der Waals surface area contributed by atoms with Crippen molar-refractivity contribution in [2.24, 2.45) is 0 Å². The lowest BCUT2D eigenvalue weighted by Gasteiger charge is -2.43. The van der Waals surface area contributed by atoms with E-state index in [4.69, 9.17) is 8.83 Å². The second-order valence-corrected chi connectivity index (χ2v) is 26.5. The summed E-state index contributed by atoms with van der Waals surface area (Å²) in [7, 11) is 0. The number of rotatable bonds is 3. The van der Waals surface area contributed by atoms with Gasteiger partial charge in [0.05, 0.1) is 0 Å². The van der Waals surface area contributed by atoms with Crippen LogP contribution in [0.4, 0.5) is 17.1 Å². The van der Waals surface area contributed by atoms with Gasteiger partial charge in [0.2, 0.25) is 0 Å². The number of furan rings is 2. The zero-order valence-electron chi connectivity index (χ0n) is 46.5. The van der Waals surface area contributed by atoms with E-state index < -0.39 is 0 Å². The van der Waals surface area contributed by atoms with Crippen LogP contribution < -0.4 is 4.90 Å². The highest BCUT2D eigenvalue weighted by Crippen LogP contribution is 2.69. The van der Waals surface area contributed by atoms with Crippen LogP contribution in [0, 0.1) is 0 Å². The molecule has 3 heteroatoms. The van der Waals surface area contributed by atoms with E-state index in [-0.39, 0.29) is 21.7 Å². The summed E-state index contributed by atoms with van der Waals surface area (Å²) >= 11 is 0. The maximum Gasteiger partial charge on any atom is 0.144 e. The third kappa shape index (κ3) is 5.81. The number of benzene rings is 9. The predicted molar refractivity (Wildman–Crippen MR) is 333 cm³/mol. The minimum absolute atomic E-state index is 0.00965. The monoisotopic (exact) mass is 1050 g/mol. The molecule has 0 atom stereocenters. The van der Waals surface area contributed by atoms with Gasteiger partial charge in [-0.15, -0.1) is 0 Å². The lowest BCUT2D eigenvalue weighted by Crippen LogP contribution is -2.35. The molecule has 4 saturated carbocycles. The maximum absolute atomic E-state index is 7.27. The van der Waals surface area contributed by atoms with Gasteiger partial charge in [-0.2, -0.15) is 0 Å². The molecule has 0 N–H and O–H groups in total.